The van der Waals surface area contributed by atoms with Crippen LogP contribution in [-0.2, 0) is 17.8 Å². The molecule has 0 saturated heterocycles. The van der Waals surface area contributed by atoms with Gasteiger partial charge in [0.05, 0.1) is 6.04 Å². The zero-order valence-corrected chi connectivity index (χ0v) is 11.9. The Kier molecular flexibility index (Phi) is 4.97. The molecule has 1 amide bonds. The van der Waals surface area contributed by atoms with E-state index < -0.39 is 0 Å². The van der Waals surface area contributed by atoms with Crippen LogP contribution in [0.5, 0.6) is 0 Å². The van der Waals surface area contributed by atoms with Crippen molar-refractivity contribution in [2.45, 2.75) is 58.2 Å². The summed E-state index contributed by atoms with van der Waals surface area (Å²) < 4.78 is 0. The van der Waals surface area contributed by atoms with Gasteiger partial charge < -0.3 is 10.6 Å². The van der Waals surface area contributed by atoms with E-state index in [2.05, 4.69) is 36.6 Å². The molecule has 0 spiro atoms. The van der Waals surface area contributed by atoms with E-state index in [1.165, 1.54) is 24.0 Å². The predicted octanol–water partition coefficient (Wildman–Crippen LogP) is 2.40. The Morgan fingerprint density at radius 3 is 2.89 bits per heavy atom. The van der Waals surface area contributed by atoms with Crippen LogP contribution < -0.4 is 10.6 Å². The summed E-state index contributed by atoms with van der Waals surface area (Å²) in [6.07, 6.45) is 4.20. The Balaban J connectivity index is 1.88. The molecule has 2 atom stereocenters. The summed E-state index contributed by atoms with van der Waals surface area (Å²) in [5.41, 5.74) is 2.60. The molecule has 1 heterocycles. The first kappa shape index (κ1) is 14.1. The van der Waals surface area contributed by atoms with Gasteiger partial charge in [0.15, 0.2) is 0 Å². The molecule has 0 aliphatic carbocycles. The molecule has 1 aliphatic rings. The molecule has 3 heteroatoms. The maximum absolute atomic E-state index is 12.2. The van der Waals surface area contributed by atoms with Crippen LogP contribution in [0.2, 0.25) is 0 Å². The number of unbranched alkanes of at least 4 members (excludes halogenated alkanes) is 1. The number of carbonyl (C=O) groups is 1. The van der Waals surface area contributed by atoms with E-state index in [-0.39, 0.29) is 18.0 Å². The number of hydrogen-bond acceptors (Lipinski definition) is 2. The third kappa shape index (κ3) is 3.80. The number of nitrogens with one attached hydrogen (secondary N) is 2. The molecule has 2 rings (SSSR count). The van der Waals surface area contributed by atoms with Crippen molar-refractivity contribution >= 4 is 5.91 Å². The third-order valence-electron chi connectivity index (χ3n) is 3.78. The molecular formula is C16H24N2O. The van der Waals surface area contributed by atoms with Gasteiger partial charge in [-0.05, 0) is 30.9 Å². The Hall–Kier alpha value is -1.35. The molecule has 3 nitrogen and oxygen atoms in total. The summed E-state index contributed by atoms with van der Waals surface area (Å²) in [6, 6.07) is 8.53. The lowest BCUT2D eigenvalue weighted by Gasteiger charge is -2.26. The van der Waals surface area contributed by atoms with Crippen LogP contribution >= 0.6 is 0 Å². The second kappa shape index (κ2) is 6.71. The van der Waals surface area contributed by atoms with Crippen molar-refractivity contribution in [2.75, 3.05) is 0 Å². The molecule has 0 bridgehead atoms. The zero-order valence-electron chi connectivity index (χ0n) is 11.9. The first-order valence-electron chi connectivity index (χ1n) is 7.31. The quantitative estimate of drug-likeness (QED) is 0.853. The van der Waals surface area contributed by atoms with Gasteiger partial charge in [-0.25, -0.2) is 0 Å². The molecule has 2 N–H and O–H groups in total. The van der Waals surface area contributed by atoms with E-state index in [4.69, 9.17) is 0 Å². The first-order chi connectivity index (χ1) is 9.20. The minimum atomic E-state index is -0.0843. The Morgan fingerprint density at radius 1 is 1.42 bits per heavy atom. The monoisotopic (exact) mass is 260 g/mol. The molecule has 2 unspecified atom stereocenters. The van der Waals surface area contributed by atoms with Gasteiger partial charge in [-0.15, -0.1) is 0 Å². The van der Waals surface area contributed by atoms with E-state index in [0.717, 1.165) is 19.4 Å². The van der Waals surface area contributed by atoms with Crippen LogP contribution in [0.15, 0.2) is 24.3 Å². The minimum absolute atomic E-state index is 0.0843. The molecule has 0 radical (unpaired) electrons. The first-order valence-corrected chi connectivity index (χ1v) is 7.31. The molecule has 19 heavy (non-hydrogen) atoms. The van der Waals surface area contributed by atoms with Crippen LogP contribution in [0.4, 0.5) is 0 Å². The van der Waals surface area contributed by atoms with Crippen molar-refractivity contribution in [3.05, 3.63) is 35.4 Å². The smallest absolute Gasteiger partial charge is 0.237 e. The van der Waals surface area contributed by atoms with Gasteiger partial charge in [0.25, 0.3) is 0 Å². The Morgan fingerprint density at radius 2 is 2.16 bits per heavy atom. The van der Waals surface area contributed by atoms with Crippen LogP contribution in [0, 0.1) is 0 Å². The van der Waals surface area contributed by atoms with E-state index >= 15 is 0 Å². The highest BCUT2D eigenvalue weighted by Crippen LogP contribution is 2.16. The van der Waals surface area contributed by atoms with Gasteiger partial charge >= 0.3 is 0 Å². The highest BCUT2D eigenvalue weighted by molar-refractivity contribution is 5.82. The average molecular weight is 260 g/mol. The molecule has 104 valence electrons. The number of hydrogen-bond donors (Lipinski definition) is 2. The molecule has 1 aromatic rings. The zero-order chi connectivity index (χ0) is 13.7. The van der Waals surface area contributed by atoms with Crippen molar-refractivity contribution in [1.29, 1.82) is 0 Å². The lowest BCUT2D eigenvalue weighted by Crippen LogP contribution is -2.49. The molecule has 1 aromatic carbocycles. The summed E-state index contributed by atoms with van der Waals surface area (Å²) in [4.78, 5) is 12.2. The lowest BCUT2D eigenvalue weighted by molar-refractivity contribution is -0.124. The van der Waals surface area contributed by atoms with Gasteiger partial charge in [-0.2, -0.15) is 0 Å². The van der Waals surface area contributed by atoms with Crippen molar-refractivity contribution in [3.63, 3.8) is 0 Å². The minimum Gasteiger partial charge on any atom is -0.352 e. The standard InChI is InChI=1S/C16H24N2O/c1-3-4-7-12(2)18-16(19)15-10-13-8-5-6-9-14(13)11-17-15/h5-6,8-9,12,15,17H,3-4,7,10-11H2,1-2H3,(H,18,19). The summed E-state index contributed by atoms with van der Waals surface area (Å²) in [6.45, 7) is 5.05. The van der Waals surface area contributed by atoms with E-state index in [1.807, 2.05) is 12.1 Å². The SMILES string of the molecule is CCCCC(C)NC(=O)C1Cc2ccccc2CN1. The predicted molar refractivity (Wildman–Crippen MR) is 77.9 cm³/mol. The van der Waals surface area contributed by atoms with Crippen LogP contribution in [0.25, 0.3) is 0 Å². The molecule has 1 aliphatic heterocycles. The van der Waals surface area contributed by atoms with Gasteiger partial charge in [0.1, 0.15) is 0 Å². The Labute approximate surface area is 115 Å². The molecular weight excluding hydrogens is 236 g/mol. The lowest BCUT2D eigenvalue weighted by atomic mass is 9.95. The third-order valence-corrected chi connectivity index (χ3v) is 3.78. The van der Waals surface area contributed by atoms with Gasteiger partial charge in [0.2, 0.25) is 5.91 Å². The largest absolute Gasteiger partial charge is 0.352 e. The van der Waals surface area contributed by atoms with Crippen molar-refractivity contribution < 1.29 is 4.79 Å². The number of benzene rings is 1. The maximum Gasteiger partial charge on any atom is 0.237 e. The molecule has 0 aromatic heterocycles. The summed E-state index contributed by atoms with van der Waals surface area (Å²) in [7, 11) is 0. The second-order valence-electron chi connectivity index (χ2n) is 5.46. The normalized spacial score (nSPS) is 19.6. The topological polar surface area (TPSA) is 41.1 Å². The van der Waals surface area contributed by atoms with E-state index in [0.29, 0.717) is 0 Å². The van der Waals surface area contributed by atoms with E-state index in [9.17, 15) is 4.79 Å². The fourth-order valence-electron chi connectivity index (χ4n) is 2.57. The summed E-state index contributed by atoms with van der Waals surface area (Å²) in [5.74, 6) is 0.137. The highest BCUT2D eigenvalue weighted by Gasteiger charge is 2.24. The van der Waals surface area contributed by atoms with Crippen molar-refractivity contribution in [2.24, 2.45) is 0 Å². The van der Waals surface area contributed by atoms with E-state index in [1.54, 1.807) is 0 Å². The van der Waals surface area contributed by atoms with Gasteiger partial charge in [-0.3, -0.25) is 4.79 Å². The fourth-order valence-corrected chi connectivity index (χ4v) is 2.57. The number of rotatable bonds is 5. The van der Waals surface area contributed by atoms with Crippen molar-refractivity contribution in [3.8, 4) is 0 Å². The number of fused-ring (bicyclic) bond motifs is 1. The number of carbonyl (C=O) groups excluding carboxylic acids is 1. The molecule has 0 fully saturated rings. The van der Waals surface area contributed by atoms with Gasteiger partial charge in [0, 0.05) is 12.6 Å². The second-order valence-corrected chi connectivity index (χ2v) is 5.46. The van der Waals surface area contributed by atoms with Crippen molar-refractivity contribution in [1.82, 2.24) is 10.6 Å². The maximum atomic E-state index is 12.2. The molecule has 0 saturated carbocycles. The summed E-state index contributed by atoms with van der Waals surface area (Å²) in [5, 5.41) is 6.44. The van der Waals surface area contributed by atoms with Gasteiger partial charge in [-0.1, -0.05) is 44.0 Å². The summed E-state index contributed by atoms with van der Waals surface area (Å²) >= 11 is 0. The van der Waals surface area contributed by atoms with Crippen LogP contribution in [0.3, 0.4) is 0 Å². The highest BCUT2D eigenvalue weighted by atomic mass is 16.2. The van der Waals surface area contributed by atoms with Crippen LogP contribution in [-0.4, -0.2) is 18.0 Å². The number of amides is 1. The average Bonchev–Trinajstić information content (AvgIpc) is 2.44. The Bertz CT molecular complexity index is 431. The van der Waals surface area contributed by atoms with Crippen LogP contribution in [0.1, 0.15) is 44.2 Å². The fraction of sp³-hybridized carbons (Fsp3) is 0.562.